The van der Waals surface area contributed by atoms with E-state index in [0.717, 1.165) is 11.1 Å². The summed E-state index contributed by atoms with van der Waals surface area (Å²) in [5, 5.41) is 6.24. The first-order valence-electron chi connectivity index (χ1n) is 8.38. The van der Waals surface area contributed by atoms with Crippen LogP contribution >= 0.6 is 11.6 Å². The maximum atomic E-state index is 12.4. The molecule has 136 valence electrons. The second kappa shape index (κ2) is 8.47. The third-order valence-corrected chi connectivity index (χ3v) is 4.15. The number of anilines is 1. The number of carbonyl (C=O) groups excluding carboxylic acids is 2. The monoisotopic (exact) mass is 379 g/mol. The van der Waals surface area contributed by atoms with E-state index in [9.17, 15) is 9.59 Å². The molecule has 1 heterocycles. The molecule has 0 saturated carbocycles. The van der Waals surface area contributed by atoms with Crippen molar-refractivity contribution in [1.29, 1.82) is 0 Å². The summed E-state index contributed by atoms with van der Waals surface area (Å²) in [7, 11) is 0. The highest BCUT2D eigenvalue weighted by Gasteiger charge is 2.12. The summed E-state index contributed by atoms with van der Waals surface area (Å²) in [5.74, 6) is -0.648. The lowest BCUT2D eigenvalue weighted by molar-refractivity contribution is 0.0951. The standard InChI is InChI=1S/C21H18ClN3O2/c1-14-3-2-4-18(11-14)25-21(27)19-12-16(9-10-23-19)20(26)24-13-15-5-7-17(22)8-6-15/h2-12H,13H2,1H3,(H,24,26)(H,25,27). The fourth-order valence-corrected chi connectivity index (χ4v) is 2.63. The van der Waals surface area contributed by atoms with Crippen LogP contribution in [0.1, 0.15) is 32.0 Å². The van der Waals surface area contributed by atoms with E-state index in [4.69, 9.17) is 11.6 Å². The number of aromatic nitrogens is 1. The van der Waals surface area contributed by atoms with Crippen molar-refractivity contribution in [1.82, 2.24) is 10.3 Å². The number of pyridine rings is 1. The highest BCUT2D eigenvalue weighted by molar-refractivity contribution is 6.30. The maximum Gasteiger partial charge on any atom is 0.274 e. The number of nitrogens with zero attached hydrogens (tertiary/aromatic N) is 1. The number of amides is 2. The van der Waals surface area contributed by atoms with Crippen LogP contribution in [-0.2, 0) is 6.54 Å². The van der Waals surface area contributed by atoms with Crippen LogP contribution in [0.2, 0.25) is 5.02 Å². The summed E-state index contributed by atoms with van der Waals surface area (Å²) in [6, 6.07) is 17.7. The second-order valence-electron chi connectivity index (χ2n) is 6.06. The number of benzene rings is 2. The quantitative estimate of drug-likeness (QED) is 0.697. The molecular weight excluding hydrogens is 362 g/mol. The van der Waals surface area contributed by atoms with Crippen LogP contribution in [0.4, 0.5) is 5.69 Å². The van der Waals surface area contributed by atoms with Gasteiger partial charge in [-0.15, -0.1) is 0 Å². The molecule has 1 aromatic heterocycles. The highest BCUT2D eigenvalue weighted by atomic mass is 35.5. The fraction of sp³-hybridized carbons (Fsp3) is 0.0952. The maximum absolute atomic E-state index is 12.4. The fourth-order valence-electron chi connectivity index (χ4n) is 2.50. The normalized spacial score (nSPS) is 10.3. The van der Waals surface area contributed by atoms with Crippen molar-refractivity contribution in [2.75, 3.05) is 5.32 Å². The van der Waals surface area contributed by atoms with Crippen molar-refractivity contribution in [3.05, 3.63) is 94.3 Å². The largest absolute Gasteiger partial charge is 0.348 e. The third-order valence-electron chi connectivity index (χ3n) is 3.90. The zero-order valence-corrected chi connectivity index (χ0v) is 15.5. The van der Waals surface area contributed by atoms with Crippen LogP contribution in [0.3, 0.4) is 0 Å². The SMILES string of the molecule is Cc1cccc(NC(=O)c2cc(C(=O)NCc3ccc(Cl)cc3)ccn2)c1. The minimum absolute atomic E-state index is 0.177. The Labute approximate surface area is 162 Å². The first-order valence-corrected chi connectivity index (χ1v) is 8.76. The van der Waals surface area contributed by atoms with Crippen molar-refractivity contribution in [3.8, 4) is 0 Å². The van der Waals surface area contributed by atoms with Crippen molar-refractivity contribution < 1.29 is 9.59 Å². The van der Waals surface area contributed by atoms with Crippen LogP contribution in [0.15, 0.2) is 66.9 Å². The first kappa shape index (κ1) is 18.6. The molecule has 0 unspecified atom stereocenters. The van der Waals surface area contributed by atoms with Gasteiger partial charge in [-0.2, -0.15) is 0 Å². The van der Waals surface area contributed by atoms with Crippen molar-refractivity contribution in [3.63, 3.8) is 0 Å². The molecule has 0 saturated heterocycles. The number of nitrogens with one attached hydrogen (secondary N) is 2. The number of hydrogen-bond acceptors (Lipinski definition) is 3. The van der Waals surface area contributed by atoms with Crippen molar-refractivity contribution in [2.24, 2.45) is 0 Å². The Hall–Kier alpha value is -3.18. The lowest BCUT2D eigenvalue weighted by Gasteiger charge is -2.08. The Kier molecular flexibility index (Phi) is 5.84. The molecule has 3 rings (SSSR count). The van der Waals surface area contributed by atoms with Crippen LogP contribution in [0.5, 0.6) is 0 Å². The highest BCUT2D eigenvalue weighted by Crippen LogP contribution is 2.12. The zero-order chi connectivity index (χ0) is 19.2. The first-order chi connectivity index (χ1) is 13.0. The zero-order valence-electron chi connectivity index (χ0n) is 14.7. The molecule has 2 aromatic carbocycles. The Bertz CT molecular complexity index is 971. The van der Waals surface area contributed by atoms with Crippen LogP contribution in [-0.4, -0.2) is 16.8 Å². The Morgan fingerprint density at radius 2 is 1.78 bits per heavy atom. The molecule has 0 aliphatic carbocycles. The molecule has 5 nitrogen and oxygen atoms in total. The van der Waals surface area contributed by atoms with Gasteiger partial charge in [-0.05, 0) is 54.4 Å². The minimum Gasteiger partial charge on any atom is -0.348 e. The van der Waals surface area contributed by atoms with Gasteiger partial charge < -0.3 is 10.6 Å². The summed E-state index contributed by atoms with van der Waals surface area (Å²) in [6.07, 6.45) is 1.45. The smallest absolute Gasteiger partial charge is 0.274 e. The molecule has 0 aliphatic rings. The van der Waals surface area contributed by atoms with E-state index in [-0.39, 0.29) is 17.5 Å². The summed E-state index contributed by atoms with van der Waals surface area (Å²) < 4.78 is 0. The van der Waals surface area contributed by atoms with Gasteiger partial charge in [0.25, 0.3) is 11.8 Å². The molecular formula is C21H18ClN3O2. The molecule has 6 heteroatoms. The van der Waals surface area contributed by atoms with Crippen LogP contribution in [0, 0.1) is 6.92 Å². The second-order valence-corrected chi connectivity index (χ2v) is 6.50. The van der Waals surface area contributed by atoms with E-state index >= 15 is 0 Å². The summed E-state index contributed by atoms with van der Waals surface area (Å²) in [6.45, 7) is 2.31. The van der Waals surface area contributed by atoms with E-state index in [1.54, 1.807) is 24.3 Å². The van der Waals surface area contributed by atoms with Gasteiger partial charge in [-0.3, -0.25) is 14.6 Å². The Morgan fingerprint density at radius 1 is 1.00 bits per heavy atom. The molecule has 2 N–H and O–H groups in total. The topological polar surface area (TPSA) is 71.1 Å². The summed E-state index contributed by atoms with van der Waals surface area (Å²) >= 11 is 5.85. The molecule has 0 radical (unpaired) electrons. The van der Waals surface area contributed by atoms with Crippen LogP contribution in [0.25, 0.3) is 0 Å². The van der Waals surface area contributed by atoms with Gasteiger partial charge in [0, 0.05) is 29.0 Å². The van der Waals surface area contributed by atoms with Crippen molar-refractivity contribution in [2.45, 2.75) is 13.5 Å². The number of hydrogen-bond donors (Lipinski definition) is 2. The molecule has 0 bridgehead atoms. The molecule has 0 spiro atoms. The van der Waals surface area contributed by atoms with E-state index in [1.165, 1.54) is 12.3 Å². The lowest BCUT2D eigenvalue weighted by Crippen LogP contribution is -2.23. The molecule has 27 heavy (non-hydrogen) atoms. The van der Waals surface area contributed by atoms with E-state index in [1.807, 2.05) is 37.3 Å². The molecule has 0 atom stereocenters. The number of aryl methyl sites for hydroxylation is 1. The van der Waals surface area contributed by atoms with Gasteiger partial charge in [0.15, 0.2) is 0 Å². The molecule has 3 aromatic rings. The predicted molar refractivity (Wildman–Crippen MR) is 106 cm³/mol. The average molecular weight is 380 g/mol. The van der Waals surface area contributed by atoms with E-state index < -0.39 is 0 Å². The molecule has 0 aliphatic heterocycles. The van der Waals surface area contributed by atoms with Gasteiger partial charge in [0.1, 0.15) is 5.69 Å². The van der Waals surface area contributed by atoms with Gasteiger partial charge in [-0.1, -0.05) is 35.9 Å². The van der Waals surface area contributed by atoms with Gasteiger partial charge in [-0.25, -0.2) is 0 Å². The Balaban J connectivity index is 1.66. The van der Waals surface area contributed by atoms with Crippen LogP contribution < -0.4 is 10.6 Å². The number of halogens is 1. The number of rotatable bonds is 5. The lowest BCUT2D eigenvalue weighted by atomic mass is 10.2. The molecule has 0 fully saturated rings. The van der Waals surface area contributed by atoms with Gasteiger partial charge in [0.2, 0.25) is 0 Å². The third kappa shape index (κ3) is 5.15. The van der Waals surface area contributed by atoms with E-state index in [2.05, 4.69) is 15.6 Å². The van der Waals surface area contributed by atoms with Gasteiger partial charge >= 0.3 is 0 Å². The molecule has 2 amide bonds. The average Bonchev–Trinajstić information content (AvgIpc) is 2.67. The van der Waals surface area contributed by atoms with Crippen molar-refractivity contribution >= 4 is 29.1 Å². The van der Waals surface area contributed by atoms with Gasteiger partial charge in [0.05, 0.1) is 0 Å². The predicted octanol–water partition coefficient (Wildman–Crippen LogP) is 4.23. The van der Waals surface area contributed by atoms with E-state index in [0.29, 0.717) is 22.8 Å². The summed E-state index contributed by atoms with van der Waals surface area (Å²) in [4.78, 5) is 28.8. The Morgan fingerprint density at radius 3 is 2.52 bits per heavy atom. The summed E-state index contributed by atoms with van der Waals surface area (Å²) in [5.41, 5.74) is 3.19. The number of carbonyl (C=O) groups is 2. The minimum atomic E-state index is -0.368.